The van der Waals surface area contributed by atoms with E-state index in [4.69, 9.17) is 15.6 Å². The normalized spacial score (nSPS) is 11.3. The van der Waals surface area contributed by atoms with Crippen molar-refractivity contribution in [2.24, 2.45) is 5.14 Å². The van der Waals surface area contributed by atoms with Gasteiger partial charge in [0, 0.05) is 5.69 Å². The van der Waals surface area contributed by atoms with E-state index in [1.165, 1.54) is 17.7 Å². The monoisotopic (exact) mass is 306 g/mol. The second-order valence-electron chi connectivity index (χ2n) is 4.75. The molecule has 0 amide bonds. The third kappa shape index (κ3) is 3.96. The molecule has 0 atom stereocenters. The van der Waals surface area contributed by atoms with Gasteiger partial charge >= 0.3 is 0 Å². The maximum atomic E-state index is 11.6. The number of hydrogen-bond donors (Lipinski definition) is 2. The van der Waals surface area contributed by atoms with Crippen LogP contribution in [0, 0.1) is 0 Å². The molecule has 2 aromatic rings. The first-order chi connectivity index (χ1) is 9.90. The van der Waals surface area contributed by atoms with Crippen molar-refractivity contribution in [2.45, 2.75) is 24.7 Å². The summed E-state index contributed by atoms with van der Waals surface area (Å²) in [6.07, 6.45) is 2.05. The molecule has 0 bridgehead atoms. The van der Waals surface area contributed by atoms with Gasteiger partial charge in [0.1, 0.15) is 16.4 Å². The Kier molecular flexibility index (Phi) is 4.50. The molecule has 0 spiro atoms. The number of anilines is 1. The van der Waals surface area contributed by atoms with E-state index in [1.54, 1.807) is 18.2 Å². The Balaban J connectivity index is 2.31. The van der Waals surface area contributed by atoms with E-state index in [9.17, 15) is 8.42 Å². The van der Waals surface area contributed by atoms with E-state index in [2.05, 4.69) is 6.92 Å². The molecule has 0 heterocycles. The third-order valence-corrected chi connectivity index (χ3v) is 3.90. The highest BCUT2D eigenvalue weighted by molar-refractivity contribution is 7.89. The quantitative estimate of drug-likeness (QED) is 0.830. The lowest BCUT2D eigenvalue weighted by atomic mass is 10.1. The van der Waals surface area contributed by atoms with Crippen molar-refractivity contribution in [3.8, 4) is 11.5 Å². The summed E-state index contributed by atoms with van der Waals surface area (Å²) < 4.78 is 28.8. The highest BCUT2D eigenvalue weighted by Gasteiger charge is 2.16. The van der Waals surface area contributed by atoms with Gasteiger partial charge < -0.3 is 10.5 Å². The highest BCUT2D eigenvalue weighted by Crippen LogP contribution is 2.30. The first-order valence-corrected chi connectivity index (χ1v) is 8.14. The van der Waals surface area contributed by atoms with Gasteiger partial charge in [0.25, 0.3) is 0 Å². The summed E-state index contributed by atoms with van der Waals surface area (Å²) in [6, 6.07) is 11.8. The molecule has 2 rings (SSSR count). The fraction of sp³-hybridized carbons (Fsp3) is 0.200. The minimum atomic E-state index is -3.90. The molecule has 5 nitrogen and oxygen atoms in total. The van der Waals surface area contributed by atoms with Gasteiger partial charge in [-0.1, -0.05) is 25.5 Å². The summed E-state index contributed by atoms with van der Waals surface area (Å²) in [6.45, 7) is 2.11. The van der Waals surface area contributed by atoms with Gasteiger partial charge in [-0.3, -0.25) is 0 Å². The molecule has 0 aliphatic carbocycles. The zero-order valence-corrected chi connectivity index (χ0v) is 12.6. The smallest absolute Gasteiger partial charge is 0.241 e. The van der Waals surface area contributed by atoms with Crippen molar-refractivity contribution in [1.29, 1.82) is 0 Å². The number of hydrogen-bond acceptors (Lipinski definition) is 4. The van der Waals surface area contributed by atoms with Crippen molar-refractivity contribution in [3.63, 3.8) is 0 Å². The number of nitrogens with two attached hydrogens (primary N) is 2. The maximum Gasteiger partial charge on any atom is 0.241 e. The molecule has 112 valence electrons. The largest absolute Gasteiger partial charge is 0.456 e. The molecule has 0 aromatic heterocycles. The van der Waals surface area contributed by atoms with E-state index < -0.39 is 10.0 Å². The highest BCUT2D eigenvalue weighted by atomic mass is 32.2. The Morgan fingerprint density at radius 3 is 2.33 bits per heavy atom. The number of sulfonamides is 1. The number of rotatable bonds is 5. The minimum absolute atomic E-state index is 0.125. The molecule has 2 aromatic carbocycles. The van der Waals surface area contributed by atoms with Crippen molar-refractivity contribution in [1.82, 2.24) is 0 Å². The van der Waals surface area contributed by atoms with Crippen LogP contribution in [0.5, 0.6) is 11.5 Å². The summed E-state index contributed by atoms with van der Waals surface area (Å²) in [5.74, 6) is 0.708. The van der Waals surface area contributed by atoms with Crippen LogP contribution in [0.4, 0.5) is 5.69 Å². The lowest BCUT2D eigenvalue weighted by molar-refractivity contribution is 0.467. The van der Waals surface area contributed by atoms with E-state index in [0.29, 0.717) is 11.4 Å². The molecule has 0 fully saturated rings. The first kappa shape index (κ1) is 15.3. The number of ether oxygens (including phenoxy) is 1. The number of nitrogen functional groups attached to an aromatic ring is 1. The summed E-state index contributed by atoms with van der Waals surface area (Å²) in [5, 5.41) is 5.18. The van der Waals surface area contributed by atoms with E-state index in [-0.39, 0.29) is 10.6 Å². The predicted molar refractivity (Wildman–Crippen MR) is 82.7 cm³/mol. The average molecular weight is 306 g/mol. The van der Waals surface area contributed by atoms with Crippen molar-refractivity contribution >= 4 is 15.7 Å². The molecule has 0 unspecified atom stereocenters. The van der Waals surface area contributed by atoms with Crippen LogP contribution in [-0.2, 0) is 16.4 Å². The van der Waals surface area contributed by atoms with Crippen molar-refractivity contribution < 1.29 is 13.2 Å². The standard InChI is InChI=1S/C15H18N2O3S/c1-2-3-11-4-7-13(8-5-11)20-14-9-6-12(16)10-15(14)21(17,18)19/h4-10H,2-3,16H2,1H3,(H2,17,18,19). The van der Waals surface area contributed by atoms with Crippen LogP contribution < -0.4 is 15.6 Å². The molecule has 0 saturated carbocycles. The molecular weight excluding hydrogens is 288 g/mol. The Bertz CT molecular complexity index is 725. The van der Waals surface area contributed by atoms with Gasteiger partial charge in [0.2, 0.25) is 10.0 Å². The second-order valence-corrected chi connectivity index (χ2v) is 6.28. The van der Waals surface area contributed by atoms with E-state index >= 15 is 0 Å². The van der Waals surface area contributed by atoms with Gasteiger partial charge in [0.05, 0.1) is 0 Å². The Morgan fingerprint density at radius 1 is 1.10 bits per heavy atom. The molecule has 0 radical (unpaired) electrons. The zero-order valence-electron chi connectivity index (χ0n) is 11.7. The molecule has 4 N–H and O–H groups in total. The Morgan fingerprint density at radius 2 is 1.76 bits per heavy atom. The number of benzene rings is 2. The Hall–Kier alpha value is -2.05. The zero-order chi connectivity index (χ0) is 15.5. The van der Waals surface area contributed by atoms with Crippen LogP contribution >= 0.6 is 0 Å². The maximum absolute atomic E-state index is 11.6. The summed E-state index contributed by atoms with van der Waals surface area (Å²) >= 11 is 0. The molecule has 21 heavy (non-hydrogen) atoms. The predicted octanol–water partition coefficient (Wildman–Crippen LogP) is 2.66. The van der Waals surface area contributed by atoms with Crippen molar-refractivity contribution in [3.05, 3.63) is 48.0 Å². The molecular formula is C15H18N2O3S. The van der Waals surface area contributed by atoms with Gasteiger partial charge in [-0.15, -0.1) is 0 Å². The van der Waals surface area contributed by atoms with Gasteiger partial charge in [-0.05, 0) is 42.3 Å². The molecule has 0 aliphatic rings. The van der Waals surface area contributed by atoms with Gasteiger partial charge in [-0.2, -0.15) is 0 Å². The van der Waals surface area contributed by atoms with Gasteiger partial charge in [-0.25, -0.2) is 13.6 Å². The minimum Gasteiger partial charge on any atom is -0.456 e. The molecule has 6 heteroatoms. The lowest BCUT2D eigenvalue weighted by Crippen LogP contribution is -2.13. The van der Waals surface area contributed by atoms with E-state index in [0.717, 1.165) is 12.8 Å². The van der Waals surface area contributed by atoms with Crippen LogP contribution in [-0.4, -0.2) is 8.42 Å². The lowest BCUT2D eigenvalue weighted by Gasteiger charge is -2.11. The van der Waals surface area contributed by atoms with Crippen LogP contribution in [0.3, 0.4) is 0 Å². The van der Waals surface area contributed by atoms with Crippen LogP contribution in [0.2, 0.25) is 0 Å². The fourth-order valence-corrected chi connectivity index (χ4v) is 2.66. The van der Waals surface area contributed by atoms with E-state index in [1.807, 2.05) is 12.1 Å². The SMILES string of the molecule is CCCc1ccc(Oc2ccc(N)cc2S(N)(=O)=O)cc1. The van der Waals surface area contributed by atoms with Crippen LogP contribution in [0.1, 0.15) is 18.9 Å². The van der Waals surface area contributed by atoms with Crippen molar-refractivity contribution in [2.75, 3.05) is 5.73 Å². The van der Waals surface area contributed by atoms with Crippen LogP contribution in [0.25, 0.3) is 0 Å². The number of aryl methyl sites for hydroxylation is 1. The second kappa shape index (κ2) is 6.15. The average Bonchev–Trinajstić information content (AvgIpc) is 2.42. The molecule has 0 saturated heterocycles. The third-order valence-electron chi connectivity index (χ3n) is 2.96. The van der Waals surface area contributed by atoms with Gasteiger partial charge in [0.15, 0.2) is 0 Å². The first-order valence-electron chi connectivity index (χ1n) is 6.59. The van der Waals surface area contributed by atoms with Crippen LogP contribution in [0.15, 0.2) is 47.4 Å². The summed E-state index contributed by atoms with van der Waals surface area (Å²) in [4.78, 5) is -0.125. The Labute approximate surface area is 124 Å². The fourth-order valence-electron chi connectivity index (χ4n) is 1.97. The topological polar surface area (TPSA) is 95.4 Å². The summed E-state index contributed by atoms with van der Waals surface area (Å²) in [7, 11) is -3.90. The summed E-state index contributed by atoms with van der Waals surface area (Å²) in [5.41, 5.74) is 7.11. The molecule has 0 aliphatic heterocycles. The number of primary sulfonamides is 1.